The first kappa shape index (κ1) is 19.6. The van der Waals surface area contributed by atoms with Crippen molar-refractivity contribution in [1.82, 2.24) is 14.5 Å². The number of rotatable bonds is 5. The maximum atomic E-state index is 9.81. The maximum absolute atomic E-state index is 9.81. The second kappa shape index (κ2) is 7.08. The fraction of sp³-hybridized carbons (Fsp3) is 0.478. The van der Waals surface area contributed by atoms with Crippen molar-refractivity contribution in [1.29, 1.82) is 0 Å². The summed E-state index contributed by atoms with van der Waals surface area (Å²) in [6.07, 6.45) is 2.98. The molecule has 0 saturated carbocycles. The summed E-state index contributed by atoms with van der Waals surface area (Å²) in [5, 5.41) is 9.81. The predicted molar refractivity (Wildman–Crippen MR) is 112 cm³/mol. The van der Waals surface area contributed by atoms with Crippen LogP contribution in [0.1, 0.15) is 63.1 Å². The molecule has 27 heavy (non-hydrogen) atoms. The van der Waals surface area contributed by atoms with Gasteiger partial charge in [0.15, 0.2) is 0 Å². The number of aryl methyl sites for hydroxylation is 3. The summed E-state index contributed by atoms with van der Waals surface area (Å²) in [5.41, 5.74) is 8.30. The van der Waals surface area contributed by atoms with Gasteiger partial charge in [-0.15, -0.1) is 0 Å². The van der Waals surface area contributed by atoms with Gasteiger partial charge in [0.2, 0.25) is 0 Å². The lowest BCUT2D eigenvalue weighted by Crippen LogP contribution is -2.29. The lowest BCUT2D eigenvalue weighted by Gasteiger charge is -2.25. The van der Waals surface area contributed by atoms with Crippen molar-refractivity contribution in [3.05, 3.63) is 46.9 Å². The van der Waals surface area contributed by atoms with Crippen LogP contribution >= 0.6 is 0 Å². The third-order valence-corrected chi connectivity index (χ3v) is 5.37. The summed E-state index contributed by atoms with van der Waals surface area (Å²) in [6.45, 7) is 14.8. The second-order valence-corrected chi connectivity index (χ2v) is 8.41. The summed E-state index contributed by atoms with van der Waals surface area (Å²) in [6, 6.07) is 6.49. The van der Waals surface area contributed by atoms with E-state index in [1.54, 1.807) is 0 Å². The summed E-state index contributed by atoms with van der Waals surface area (Å²) in [4.78, 5) is 9.94. The highest BCUT2D eigenvalue weighted by molar-refractivity contribution is 5.84. The van der Waals surface area contributed by atoms with E-state index in [4.69, 9.17) is 9.97 Å². The van der Waals surface area contributed by atoms with Gasteiger partial charge in [0, 0.05) is 23.1 Å². The summed E-state index contributed by atoms with van der Waals surface area (Å²) in [5.74, 6) is 0.415. The molecular formula is C23H31N3O. The molecule has 0 bridgehead atoms. The van der Waals surface area contributed by atoms with Gasteiger partial charge in [0.05, 0.1) is 28.9 Å². The number of pyridine rings is 2. The molecule has 4 nitrogen and oxygen atoms in total. The summed E-state index contributed by atoms with van der Waals surface area (Å²) in [7, 11) is 0. The Labute approximate surface area is 162 Å². The molecule has 0 aliphatic heterocycles. The topological polar surface area (TPSA) is 50.9 Å². The molecule has 0 fully saturated rings. The predicted octanol–water partition coefficient (Wildman–Crippen LogP) is 5.13. The van der Waals surface area contributed by atoms with E-state index in [1.807, 2.05) is 13.8 Å². The van der Waals surface area contributed by atoms with E-state index in [1.165, 1.54) is 0 Å². The van der Waals surface area contributed by atoms with Crippen LogP contribution in [0.15, 0.2) is 24.4 Å². The average molecular weight is 366 g/mol. The molecule has 0 radical (unpaired) electrons. The van der Waals surface area contributed by atoms with Crippen LogP contribution < -0.4 is 0 Å². The third kappa shape index (κ3) is 3.39. The zero-order chi connectivity index (χ0) is 19.9. The van der Waals surface area contributed by atoms with E-state index in [-0.39, 0.29) is 12.1 Å². The number of nitrogens with zero attached hydrogens (tertiary/aromatic N) is 3. The van der Waals surface area contributed by atoms with E-state index in [0.717, 1.165) is 51.2 Å². The standard InChI is InChI=1S/C23H31N3O/c1-8-18-17(9-10-19(24-18)14(2)3)21-15(4)11-20-22(25-21)16(5)12-26(20)23(6,7)13-27/h9-12,14,27H,8,13H2,1-7H3. The SMILES string of the molecule is CCc1nc(C(C)C)ccc1-c1nc2c(C)cn(C(C)(C)CO)c2cc1C. The van der Waals surface area contributed by atoms with Crippen molar-refractivity contribution < 1.29 is 5.11 Å². The van der Waals surface area contributed by atoms with Gasteiger partial charge in [0.1, 0.15) is 0 Å². The molecule has 0 unspecified atom stereocenters. The van der Waals surface area contributed by atoms with Crippen LogP contribution in [-0.4, -0.2) is 26.2 Å². The second-order valence-electron chi connectivity index (χ2n) is 8.41. The van der Waals surface area contributed by atoms with Gasteiger partial charge >= 0.3 is 0 Å². The van der Waals surface area contributed by atoms with E-state index in [0.29, 0.717) is 5.92 Å². The molecule has 3 aromatic heterocycles. The number of fused-ring (bicyclic) bond motifs is 1. The number of hydrogen-bond donors (Lipinski definition) is 1. The van der Waals surface area contributed by atoms with Crippen molar-refractivity contribution in [2.24, 2.45) is 0 Å². The van der Waals surface area contributed by atoms with Crippen LogP contribution in [0, 0.1) is 13.8 Å². The Kier molecular flexibility index (Phi) is 5.13. The highest BCUT2D eigenvalue weighted by Gasteiger charge is 2.23. The molecule has 0 atom stereocenters. The van der Waals surface area contributed by atoms with Crippen molar-refractivity contribution in [3.63, 3.8) is 0 Å². The summed E-state index contributed by atoms with van der Waals surface area (Å²) < 4.78 is 2.14. The smallest absolute Gasteiger partial charge is 0.0918 e. The van der Waals surface area contributed by atoms with Crippen LogP contribution in [0.5, 0.6) is 0 Å². The van der Waals surface area contributed by atoms with E-state index < -0.39 is 0 Å². The van der Waals surface area contributed by atoms with Crippen molar-refractivity contribution in [3.8, 4) is 11.3 Å². The third-order valence-electron chi connectivity index (χ3n) is 5.37. The zero-order valence-corrected chi connectivity index (χ0v) is 17.6. The molecule has 3 heterocycles. The fourth-order valence-electron chi connectivity index (χ4n) is 3.57. The van der Waals surface area contributed by atoms with Gasteiger partial charge in [0.25, 0.3) is 0 Å². The molecule has 0 amide bonds. The zero-order valence-electron chi connectivity index (χ0n) is 17.6. The Bertz CT molecular complexity index is 983. The minimum Gasteiger partial charge on any atom is -0.394 e. The average Bonchev–Trinajstić information content (AvgIpc) is 2.97. The first-order chi connectivity index (χ1) is 12.7. The van der Waals surface area contributed by atoms with Crippen molar-refractivity contribution in [2.75, 3.05) is 6.61 Å². The van der Waals surface area contributed by atoms with Crippen LogP contribution in [0.4, 0.5) is 0 Å². The Morgan fingerprint density at radius 1 is 1.11 bits per heavy atom. The Hall–Kier alpha value is -2.20. The van der Waals surface area contributed by atoms with Crippen LogP contribution in [0.2, 0.25) is 0 Å². The number of aliphatic hydroxyl groups is 1. The molecule has 0 aliphatic rings. The van der Waals surface area contributed by atoms with Crippen molar-refractivity contribution in [2.45, 2.75) is 66.3 Å². The normalized spacial score (nSPS) is 12.3. The highest BCUT2D eigenvalue weighted by atomic mass is 16.3. The van der Waals surface area contributed by atoms with E-state index >= 15 is 0 Å². The number of hydrogen-bond acceptors (Lipinski definition) is 3. The molecule has 3 rings (SSSR count). The minimum absolute atomic E-state index is 0.0809. The van der Waals surface area contributed by atoms with Gasteiger partial charge < -0.3 is 9.67 Å². The number of aliphatic hydroxyl groups excluding tert-OH is 1. The largest absolute Gasteiger partial charge is 0.394 e. The molecule has 3 aromatic rings. The molecular weight excluding hydrogens is 334 g/mol. The molecule has 0 aliphatic carbocycles. The van der Waals surface area contributed by atoms with Gasteiger partial charge in [-0.3, -0.25) is 4.98 Å². The number of aromatic nitrogens is 3. The first-order valence-electron chi connectivity index (χ1n) is 9.80. The Morgan fingerprint density at radius 2 is 1.81 bits per heavy atom. The van der Waals surface area contributed by atoms with Gasteiger partial charge in [-0.05, 0) is 69.4 Å². The molecule has 0 aromatic carbocycles. The first-order valence-corrected chi connectivity index (χ1v) is 9.80. The van der Waals surface area contributed by atoms with E-state index in [9.17, 15) is 5.11 Å². The van der Waals surface area contributed by atoms with Gasteiger partial charge in [-0.2, -0.15) is 0 Å². The highest BCUT2D eigenvalue weighted by Crippen LogP contribution is 2.32. The summed E-state index contributed by atoms with van der Waals surface area (Å²) >= 11 is 0. The molecule has 0 spiro atoms. The van der Waals surface area contributed by atoms with Crippen LogP contribution in [0.25, 0.3) is 22.3 Å². The quantitative estimate of drug-likeness (QED) is 0.682. The fourth-order valence-corrected chi connectivity index (χ4v) is 3.57. The maximum Gasteiger partial charge on any atom is 0.0918 e. The van der Waals surface area contributed by atoms with Crippen LogP contribution in [-0.2, 0) is 12.0 Å². The molecule has 144 valence electrons. The van der Waals surface area contributed by atoms with Crippen LogP contribution in [0.3, 0.4) is 0 Å². The Balaban J connectivity index is 2.23. The molecule has 4 heteroatoms. The van der Waals surface area contributed by atoms with Crippen molar-refractivity contribution >= 4 is 11.0 Å². The molecule has 1 N–H and O–H groups in total. The van der Waals surface area contributed by atoms with E-state index in [2.05, 4.69) is 63.6 Å². The lowest BCUT2D eigenvalue weighted by molar-refractivity contribution is 0.168. The Morgan fingerprint density at radius 3 is 2.41 bits per heavy atom. The monoisotopic (exact) mass is 365 g/mol. The minimum atomic E-state index is -0.364. The van der Waals surface area contributed by atoms with Gasteiger partial charge in [-0.1, -0.05) is 20.8 Å². The molecule has 0 saturated heterocycles. The van der Waals surface area contributed by atoms with Gasteiger partial charge in [-0.25, -0.2) is 4.98 Å². The lowest BCUT2D eigenvalue weighted by atomic mass is 10.00.